The van der Waals surface area contributed by atoms with Gasteiger partial charge in [0.25, 0.3) is 0 Å². The number of hydrogen-bond acceptors (Lipinski definition) is 3. The molecule has 3 heteroatoms. The number of methoxy groups -OCH3 is 1. The summed E-state index contributed by atoms with van der Waals surface area (Å²) < 4.78 is 5.63. The molecule has 118 valence electrons. The van der Waals surface area contributed by atoms with Crippen molar-refractivity contribution in [3.05, 3.63) is 23.8 Å². The summed E-state index contributed by atoms with van der Waals surface area (Å²) in [7, 11) is 1.77. The average molecular weight is 290 g/mol. The first-order valence-corrected chi connectivity index (χ1v) is 8.23. The molecule has 0 radical (unpaired) electrons. The molecule has 1 N–H and O–H groups in total. The average Bonchev–Trinajstić information content (AvgIpc) is 2.49. The summed E-state index contributed by atoms with van der Waals surface area (Å²) >= 11 is 0. The third-order valence-electron chi connectivity index (χ3n) is 4.88. The Hall–Kier alpha value is -1.22. The lowest BCUT2D eigenvalue weighted by Gasteiger charge is -2.38. The van der Waals surface area contributed by atoms with Gasteiger partial charge in [0.15, 0.2) is 0 Å². The first-order valence-electron chi connectivity index (χ1n) is 8.23. The van der Waals surface area contributed by atoms with Gasteiger partial charge in [-0.05, 0) is 43.9 Å². The number of benzene rings is 1. The van der Waals surface area contributed by atoms with E-state index < -0.39 is 0 Å². The lowest BCUT2D eigenvalue weighted by atomic mass is 9.88. The molecule has 3 atom stereocenters. The fourth-order valence-corrected chi connectivity index (χ4v) is 3.31. The maximum atomic E-state index is 5.63. The lowest BCUT2D eigenvalue weighted by molar-refractivity contribution is 0.322. The van der Waals surface area contributed by atoms with Crippen molar-refractivity contribution in [1.29, 1.82) is 0 Å². The number of nitrogens with zero attached hydrogens (tertiary/aromatic N) is 1. The van der Waals surface area contributed by atoms with Gasteiger partial charge in [-0.25, -0.2) is 0 Å². The Labute approximate surface area is 129 Å². The molecular formula is C18H30N2O. The van der Waals surface area contributed by atoms with Crippen LogP contribution < -0.4 is 15.0 Å². The van der Waals surface area contributed by atoms with Gasteiger partial charge in [0.05, 0.1) is 7.11 Å². The Morgan fingerprint density at radius 1 is 1.33 bits per heavy atom. The highest BCUT2D eigenvalue weighted by atomic mass is 16.5. The van der Waals surface area contributed by atoms with E-state index in [0.29, 0.717) is 6.04 Å². The normalized spacial score (nSPS) is 24.0. The van der Waals surface area contributed by atoms with Crippen molar-refractivity contribution in [2.45, 2.75) is 40.2 Å². The summed E-state index contributed by atoms with van der Waals surface area (Å²) in [5.41, 5.74) is 2.63. The van der Waals surface area contributed by atoms with E-state index >= 15 is 0 Å². The smallest absolute Gasteiger partial charge is 0.125 e. The molecule has 0 amide bonds. The summed E-state index contributed by atoms with van der Waals surface area (Å²) in [6, 6.07) is 6.73. The number of ether oxygens (including phenoxy) is 1. The van der Waals surface area contributed by atoms with Crippen LogP contribution in [0.1, 0.15) is 45.7 Å². The molecule has 0 aliphatic carbocycles. The fraction of sp³-hybridized carbons (Fsp3) is 0.667. The van der Waals surface area contributed by atoms with Crippen LogP contribution in [0.15, 0.2) is 18.2 Å². The second-order valence-electron chi connectivity index (χ2n) is 6.36. The maximum absolute atomic E-state index is 5.63. The minimum absolute atomic E-state index is 0.302. The topological polar surface area (TPSA) is 24.5 Å². The number of nitrogens with one attached hydrogen (secondary N) is 1. The second kappa shape index (κ2) is 7.17. The van der Waals surface area contributed by atoms with Crippen LogP contribution >= 0.6 is 0 Å². The Morgan fingerprint density at radius 2 is 2.10 bits per heavy atom. The zero-order valence-electron chi connectivity index (χ0n) is 14.1. The van der Waals surface area contributed by atoms with Gasteiger partial charge in [0.1, 0.15) is 5.75 Å². The van der Waals surface area contributed by atoms with Gasteiger partial charge in [-0.15, -0.1) is 0 Å². The number of anilines is 1. The molecular weight excluding hydrogens is 260 g/mol. The zero-order chi connectivity index (χ0) is 15.4. The summed E-state index contributed by atoms with van der Waals surface area (Å²) in [4.78, 5) is 2.54. The van der Waals surface area contributed by atoms with Crippen molar-refractivity contribution in [1.82, 2.24) is 5.32 Å². The van der Waals surface area contributed by atoms with Crippen LogP contribution in [0.3, 0.4) is 0 Å². The van der Waals surface area contributed by atoms with E-state index in [1.54, 1.807) is 7.11 Å². The van der Waals surface area contributed by atoms with E-state index in [4.69, 9.17) is 4.74 Å². The first kappa shape index (κ1) is 16.2. The molecule has 0 saturated carbocycles. The van der Waals surface area contributed by atoms with Crippen molar-refractivity contribution in [3.63, 3.8) is 0 Å². The summed E-state index contributed by atoms with van der Waals surface area (Å²) in [6.07, 6.45) is 1.27. The van der Waals surface area contributed by atoms with Crippen molar-refractivity contribution in [2.24, 2.45) is 11.8 Å². The molecule has 3 unspecified atom stereocenters. The highest BCUT2D eigenvalue weighted by molar-refractivity contribution is 5.61. The highest BCUT2D eigenvalue weighted by Crippen LogP contribution is 2.37. The van der Waals surface area contributed by atoms with Crippen molar-refractivity contribution >= 4 is 5.69 Å². The third-order valence-corrected chi connectivity index (χ3v) is 4.88. The Kier molecular flexibility index (Phi) is 5.51. The molecule has 1 saturated heterocycles. The van der Waals surface area contributed by atoms with Gasteiger partial charge in [-0.1, -0.05) is 26.8 Å². The Bertz CT molecular complexity index is 461. The van der Waals surface area contributed by atoms with E-state index in [-0.39, 0.29) is 0 Å². The quantitative estimate of drug-likeness (QED) is 0.891. The van der Waals surface area contributed by atoms with Gasteiger partial charge in [-0.2, -0.15) is 0 Å². The van der Waals surface area contributed by atoms with E-state index in [1.807, 2.05) is 0 Å². The Balaban J connectivity index is 2.34. The summed E-state index contributed by atoms with van der Waals surface area (Å²) in [5, 5.41) is 3.53. The molecule has 0 aromatic heterocycles. The van der Waals surface area contributed by atoms with Crippen molar-refractivity contribution < 1.29 is 4.74 Å². The third kappa shape index (κ3) is 3.52. The molecule has 2 rings (SSSR count). The molecule has 0 bridgehead atoms. The number of rotatable bonds is 5. The largest absolute Gasteiger partial charge is 0.496 e. The second-order valence-corrected chi connectivity index (χ2v) is 6.36. The first-order chi connectivity index (χ1) is 10.1. The van der Waals surface area contributed by atoms with Crippen LogP contribution in [0.4, 0.5) is 5.69 Å². The van der Waals surface area contributed by atoms with E-state index in [0.717, 1.165) is 37.2 Å². The number of hydrogen-bond donors (Lipinski definition) is 1. The summed E-state index contributed by atoms with van der Waals surface area (Å²) in [5.74, 6) is 2.56. The maximum Gasteiger partial charge on any atom is 0.125 e. The van der Waals surface area contributed by atoms with Gasteiger partial charge in [0.2, 0.25) is 0 Å². The molecule has 1 aromatic rings. The minimum Gasteiger partial charge on any atom is -0.496 e. The van der Waals surface area contributed by atoms with Crippen LogP contribution in [0.25, 0.3) is 0 Å². The van der Waals surface area contributed by atoms with Gasteiger partial charge in [-0.3, -0.25) is 0 Å². The van der Waals surface area contributed by atoms with E-state index in [2.05, 4.69) is 56.1 Å². The number of piperidine rings is 1. The van der Waals surface area contributed by atoms with E-state index in [9.17, 15) is 0 Å². The van der Waals surface area contributed by atoms with Crippen LogP contribution in [0, 0.1) is 11.8 Å². The SMILES string of the molecule is CCNC(C)c1c(OC)cccc1N1CCC(C)C(C)C1. The predicted molar refractivity (Wildman–Crippen MR) is 90.2 cm³/mol. The monoisotopic (exact) mass is 290 g/mol. The zero-order valence-corrected chi connectivity index (χ0v) is 14.1. The van der Waals surface area contributed by atoms with Crippen molar-refractivity contribution in [2.75, 3.05) is 31.6 Å². The molecule has 1 aromatic carbocycles. The van der Waals surface area contributed by atoms with Crippen LogP contribution in [0.2, 0.25) is 0 Å². The predicted octanol–water partition coefficient (Wildman–Crippen LogP) is 3.85. The molecule has 1 fully saturated rings. The van der Waals surface area contributed by atoms with Gasteiger partial charge < -0.3 is 15.0 Å². The highest BCUT2D eigenvalue weighted by Gasteiger charge is 2.26. The van der Waals surface area contributed by atoms with Crippen LogP contribution in [-0.4, -0.2) is 26.7 Å². The molecule has 1 aliphatic heterocycles. The molecule has 3 nitrogen and oxygen atoms in total. The standard InChI is InChI=1S/C18H30N2O/c1-6-19-15(4)18-16(8-7-9-17(18)21-5)20-11-10-13(2)14(3)12-20/h7-9,13-15,19H,6,10-12H2,1-5H3. The molecule has 0 spiro atoms. The lowest BCUT2D eigenvalue weighted by Crippen LogP contribution is -2.39. The molecule has 1 heterocycles. The van der Waals surface area contributed by atoms with Gasteiger partial charge >= 0.3 is 0 Å². The van der Waals surface area contributed by atoms with Crippen LogP contribution in [-0.2, 0) is 0 Å². The van der Waals surface area contributed by atoms with Gasteiger partial charge in [0, 0.05) is 30.4 Å². The fourth-order valence-electron chi connectivity index (χ4n) is 3.31. The Morgan fingerprint density at radius 3 is 2.71 bits per heavy atom. The van der Waals surface area contributed by atoms with E-state index in [1.165, 1.54) is 17.7 Å². The van der Waals surface area contributed by atoms with Crippen LogP contribution in [0.5, 0.6) is 5.75 Å². The summed E-state index contributed by atoms with van der Waals surface area (Å²) in [6.45, 7) is 12.4. The molecule has 21 heavy (non-hydrogen) atoms. The van der Waals surface area contributed by atoms with Crippen molar-refractivity contribution in [3.8, 4) is 5.75 Å². The molecule has 1 aliphatic rings. The minimum atomic E-state index is 0.302.